The summed E-state index contributed by atoms with van der Waals surface area (Å²) in [7, 11) is -0.939. The van der Waals surface area contributed by atoms with E-state index in [1.807, 2.05) is 0 Å². The Morgan fingerprint density at radius 2 is 1.95 bits per heavy atom. The highest BCUT2D eigenvalue weighted by atomic mass is 32.2. The van der Waals surface area contributed by atoms with Gasteiger partial charge in [0.2, 0.25) is 10.0 Å². The minimum atomic E-state index is -3.02. The molecule has 5 heteroatoms. The fourth-order valence-electron chi connectivity index (χ4n) is 4.32. The van der Waals surface area contributed by atoms with Crippen LogP contribution >= 0.6 is 0 Å². The summed E-state index contributed by atoms with van der Waals surface area (Å²) in [6, 6.07) is 0.626. The third kappa shape index (κ3) is 4.67. The van der Waals surface area contributed by atoms with Crippen molar-refractivity contribution in [3.63, 3.8) is 0 Å². The number of rotatable bonds is 5. The highest BCUT2D eigenvalue weighted by Gasteiger charge is 2.33. The Morgan fingerprint density at radius 3 is 2.57 bits per heavy atom. The molecule has 0 bridgehead atoms. The molecule has 1 saturated heterocycles. The molecule has 21 heavy (non-hydrogen) atoms. The summed E-state index contributed by atoms with van der Waals surface area (Å²) in [5.74, 6) is 2.14. The normalized spacial score (nSPS) is 35.8. The molecule has 2 fully saturated rings. The molecule has 1 aliphatic heterocycles. The zero-order chi connectivity index (χ0) is 15.5. The maximum atomic E-state index is 11.8. The van der Waals surface area contributed by atoms with Crippen molar-refractivity contribution < 1.29 is 8.42 Å². The first-order valence-electron chi connectivity index (χ1n) is 8.56. The summed E-state index contributed by atoms with van der Waals surface area (Å²) >= 11 is 0. The second kappa shape index (κ2) is 7.42. The Bertz CT molecular complexity index is 424. The van der Waals surface area contributed by atoms with E-state index in [9.17, 15) is 8.42 Å². The van der Waals surface area contributed by atoms with Crippen molar-refractivity contribution in [2.24, 2.45) is 17.8 Å². The van der Waals surface area contributed by atoms with Crippen LogP contribution in [-0.2, 0) is 10.0 Å². The molecule has 0 amide bonds. The molecule has 0 radical (unpaired) electrons. The van der Waals surface area contributed by atoms with Crippen molar-refractivity contribution in [3.8, 4) is 0 Å². The van der Waals surface area contributed by atoms with Crippen LogP contribution < -0.4 is 5.32 Å². The van der Waals surface area contributed by atoms with Crippen LogP contribution in [0.4, 0.5) is 0 Å². The molecule has 0 aromatic rings. The van der Waals surface area contributed by atoms with Crippen LogP contribution in [0, 0.1) is 17.8 Å². The van der Waals surface area contributed by atoms with E-state index in [-0.39, 0.29) is 0 Å². The minimum Gasteiger partial charge on any atom is -0.317 e. The summed E-state index contributed by atoms with van der Waals surface area (Å²) in [4.78, 5) is 0. The van der Waals surface area contributed by atoms with E-state index in [0.29, 0.717) is 18.5 Å². The number of nitrogens with one attached hydrogen (secondary N) is 1. The molecule has 4 nitrogen and oxygen atoms in total. The van der Waals surface area contributed by atoms with Gasteiger partial charge < -0.3 is 5.32 Å². The van der Waals surface area contributed by atoms with Gasteiger partial charge in [-0.3, -0.25) is 0 Å². The third-order valence-electron chi connectivity index (χ3n) is 5.63. The molecule has 1 heterocycles. The summed E-state index contributed by atoms with van der Waals surface area (Å²) < 4.78 is 25.2. The van der Waals surface area contributed by atoms with Crippen molar-refractivity contribution in [2.45, 2.75) is 57.9 Å². The van der Waals surface area contributed by atoms with E-state index < -0.39 is 10.0 Å². The lowest BCUT2D eigenvalue weighted by Gasteiger charge is -2.39. The van der Waals surface area contributed by atoms with Crippen LogP contribution in [0.1, 0.15) is 51.9 Å². The third-order valence-corrected chi connectivity index (χ3v) is 6.90. The number of hydrogen-bond donors (Lipinski definition) is 1. The first-order valence-corrected chi connectivity index (χ1v) is 10.4. The van der Waals surface area contributed by atoms with Crippen molar-refractivity contribution in [3.05, 3.63) is 0 Å². The highest BCUT2D eigenvalue weighted by Crippen LogP contribution is 2.36. The summed E-state index contributed by atoms with van der Waals surface area (Å²) in [6.45, 7) is 3.75. The average Bonchev–Trinajstić information content (AvgIpc) is 2.46. The zero-order valence-electron chi connectivity index (χ0n) is 13.8. The van der Waals surface area contributed by atoms with Gasteiger partial charge in [-0.05, 0) is 63.3 Å². The van der Waals surface area contributed by atoms with E-state index in [2.05, 4.69) is 19.3 Å². The Kier molecular flexibility index (Phi) is 6.09. The van der Waals surface area contributed by atoms with Gasteiger partial charge >= 0.3 is 0 Å². The molecule has 1 N–H and O–H groups in total. The molecule has 2 aliphatic rings. The van der Waals surface area contributed by atoms with Gasteiger partial charge in [0.15, 0.2) is 0 Å². The Labute approximate surface area is 130 Å². The first kappa shape index (κ1) is 17.2. The fourth-order valence-corrected chi connectivity index (χ4v) is 5.26. The second-order valence-corrected chi connectivity index (χ2v) is 9.09. The molecular weight excluding hydrogens is 284 g/mol. The lowest BCUT2D eigenvalue weighted by Crippen LogP contribution is -2.43. The maximum Gasteiger partial charge on any atom is 0.211 e. The zero-order valence-corrected chi connectivity index (χ0v) is 14.7. The van der Waals surface area contributed by atoms with Gasteiger partial charge in [-0.2, -0.15) is 0 Å². The molecule has 0 spiro atoms. The number of piperidine rings is 1. The molecule has 0 aromatic carbocycles. The van der Waals surface area contributed by atoms with Crippen LogP contribution in [0.2, 0.25) is 0 Å². The standard InChI is InChI=1S/C16H32N2O2S/c1-4-13-7-8-16(17-2)15(10-13)11-14-6-5-9-18(12-14)21(3,19)20/h13-17H,4-12H2,1-3H3. The number of hydrogen-bond acceptors (Lipinski definition) is 3. The largest absolute Gasteiger partial charge is 0.317 e. The summed E-state index contributed by atoms with van der Waals surface area (Å²) in [5, 5.41) is 3.50. The smallest absolute Gasteiger partial charge is 0.211 e. The van der Waals surface area contributed by atoms with Crippen molar-refractivity contribution in [1.29, 1.82) is 0 Å². The molecule has 1 saturated carbocycles. The fraction of sp³-hybridized carbons (Fsp3) is 1.00. The van der Waals surface area contributed by atoms with Gasteiger partial charge in [0.25, 0.3) is 0 Å². The SMILES string of the molecule is CCC1CCC(NC)C(CC2CCCN(S(C)(=O)=O)C2)C1. The molecule has 124 valence electrons. The average molecular weight is 317 g/mol. The quantitative estimate of drug-likeness (QED) is 0.847. The van der Waals surface area contributed by atoms with E-state index in [1.54, 1.807) is 4.31 Å². The van der Waals surface area contributed by atoms with Crippen molar-refractivity contribution in [2.75, 3.05) is 26.4 Å². The lowest BCUT2D eigenvalue weighted by atomic mass is 9.72. The van der Waals surface area contributed by atoms with Gasteiger partial charge in [0.1, 0.15) is 0 Å². The monoisotopic (exact) mass is 316 g/mol. The number of sulfonamides is 1. The lowest BCUT2D eigenvalue weighted by molar-refractivity contribution is 0.151. The topological polar surface area (TPSA) is 49.4 Å². The van der Waals surface area contributed by atoms with Crippen LogP contribution in [0.15, 0.2) is 0 Å². The maximum absolute atomic E-state index is 11.8. The van der Waals surface area contributed by atoms with Crippen LogP contribution in [0.3, 0.4) is 0 Å². The molecule has 0 aromatic heterocycles. The first-order chi connectivity index (χ1) is 9.94. The van der Waals surface area contributed by atoms with E-state index in [4.69, 9.17) is 0 Å². The molecule has 2 rings (SSSR count). The highest BCUT2D eigenvalue weighted by molar-refractivity contribution is 7.88. The minimum absolute atomic E-state index is 0.546. The van der Waals surface area contributed by atoms with Crippen LogP contribution in [-0.4, -0.2) is 45.2 Å². The van der Waals surface area contributed by atoms with E-state index in [1.165, 1.54) is 44.8 Å². The molecular formula is C16H32N2O2S. The molecule has 4 atom stereocenters. The van der Waals surface area contributed by atoms with Crippen molar-refractivity contribution >= 4 is 10.0 Å². The summed E-state index contributed by atoms with van der Waals surface area (Å²) in [6.07, 6.45) is 9.97. The Morgan fingerprint density at radius 1 is 1.19 bits per heavy atom. The van der Waals surface area contributed by atoms with E-state index in [0.717, 1.165) is 24.8 Å². The predicted molar refractivity (Wildman–Crippen MR) is 87.7 cm³/mol. The van der Waals surface area contributed by atoms with Gasteiger partial charge in [-0.1, -0.05) is 13.3 Å². The number of nitrogens with zero attached hydrogens (tertiary/aromatic N) is 1. The van der Waals surface area contributed by atoms with Crippen LogP contribution in [0.5, 0.6) is 0 Å². The summed E-state index contributed by atoms with van der Waals surface area (Å²) in [5.41, 5.74) is 0. The van der Waals surface area contributed by atoms with Gasteiger partial charge in [-0.25, -0.2) is 12.7 Å². The second-order valence-electron chi connectivity index (χ2n) is 7.11. The van der Waals surface area contributed by atoms with Crippen LogP contribution in [0.25, 0.3) is 0 Å². The Hall–Kier alpha value is -0.130. The van der Waals surface area contributed by atoms with Gasteiger partial charge in [-0.15, -0.1) is 0 Å². The van der Waals surface area contributed by atoms with E-state index >= 15 is 0 Å². The van der Waals surface area contributed by atoms with Gasteiger partial charge in [0, 0.05) is 19.1 Å². The molecule has 4 unspecified atom stereocenters. The predicted octanol–water partition coefficient (Wildman–Crippen LogP) is 2.46. The Balaban J connectivity index is 1.95. The van der Waals surface area contributed by atoms with Crippen molar-refractivity contribution in [1.82, 2.24) is 9.62 Å². The van der Waals surface area contributed by atoms with Gasteiger partial charge in [0.05, 0.1) is 6.26 Å². The molecule has 1 aliphatic carbocycles.